The van der Waals surface area contributed by atoms with Crippen molar-refractivity contribution in [3.8, 4) is 5.69 Å². The quantitative estimate of drug-likeness (QED) is 0.919. The van der Waals surface area contributed by atoms with Gasteiger partial charge in [-0.25, -0.2) is 13.9 Å². The zero-order chi connectivity index (χ0) is 14.0. The van der Waals surface area contributed by atoms with Crippen molar-refractivity contribution in [3.63, 3.8) is 0 Å². The maximum Gasteiger partial charge on any atom is 0.358 e. The van der Waals surface area contributed by atoms with Gasteiger partial charge in [-0.15, -0.1) is 5.10 Å². The molecule has 0 spiro atoms. The maximum absolute atomic E-state index is 12.9. The summed E-state index contributed by atoms with van der Waals surface area (Å²) in [4.78, 5) is 11.1. The van der Waals surface area contributed by atoms with Gasteiger partial charge in [0.15, 0.2) is 5.69 Å². The highest BCUT2D eigenvalue weighted by Gasteiger charge is 2.20. The van der Waals surface area contributed by atoms with Crippen molar-refractivity contribution in [2.45, 2.75) is 20.3 Å². The molecule has 0 radical (unpaired) electrons. The van der Waals surface area contributed by atoms with E-state index >= 15 is 0 Å². The Kier molecular flexibility index (Phi) is 3.59. The number of hydrogen-bond acceptors (Lipinski definition) is 3. The van der Waals surface area contributed by atoms with Crippen LogP contribution in [0, 0.1) is 11.7 Å². The second-order valence-corrected chi connectivity index (χ2v) is 4.68. The number of carboxylic acid groups (broad SMARTS) is 1. The van der Waals surface area contributed by atoms with Crippen LogP contribution in [0.4, 0.5) is 4.39 Å². The third kappa shape index (κ3) is 2.78. The SMILES string of the molecule is CC(C)Cc1c(C(=O)O)nnn1-c1ccc(F)cc1. The van der Waals surface area contributed by atoms with E-state index in [1.165, 1.54) is 16.8 Å². The summed E-state index contributed by atoms with van der Waals surface area (Å²) in [6, 6.07) is 5.69. The summed E-state index contributed by atoms with van der Waals surface area (Å²) >= 11 is 0. The lowest BCUT2D eigenvalue weighted by atomic mass is 10.1. The second kappa shape index (κ2) is 5.17. The Morgan fingerprint density at radius 1 is 1.37 bits per heavy atom. The number of benzene rings is 1. The summed E-state index contributed by atoms with van der Waals surface area (Å²) in [5, 5.41) is 16.6. The van der Waals surface area contributed by atoms with Gasteiger partial charge in [0, 0.05) is 0 Å². The van der Waals surface area contributed by atoms with Crippen LogP contribution in [0.5, 0.6) is 0 Å². The number of aromatic carboxylic acids is 1. The van der Waals surface area contributed by atoms with E-state index < -0.39 is 5.97 Å². The molecule has 19 heavy (non-hydrogen) atoms. The van der Waals surface area contributed by atoms with E-state index in [0.717, 1.165) is 0 Å². The van der Waals surface area contributed by atoms with Crippen molar-refractivity contribution in [3.05, 3.63) is 41.5 Å². The van der Waals surface area contributed by atoms with Crippen LogP contribution in [0.1, 0.15) is 30.0 Å². The molecule has 0 bridgehead atoms. The minimum Gasteiger partial charge on any atom is -0.476 e. The summed E-state index contributed by atoms with van der Waals surface area (Å²) in [6.07, 6.45) is 0.534. The van der Waals surface area contributed by atoms with Crippen LogP contribution < -0.4 is 0 Å². The molecule has 0 atom stereocenters. The standard InChI is InChI=1S/C13H14FN3O2/c1-8(2)7-11-12(13(18)19)15-16-17(11)10-5-3-9(14)4-6-10/h3-6,8H,7H2,1-2H3,(H,18,19). The Morgan fingerprint density at radius 3 is 2.53 bits per heavy atom. The number of carboxylic acids is 1. The van der Waals surface area contributed by atoms with Crippen LogP contribution in [-0.4, -0.2) is 26.1 Å². The zero-order valence-electron chi connectivity index (χ0n) is 10.7. The Morgan fingerprint density at radius 2 is 2.00 bits per heavy atom. The fourth-order valence-electron chi connectivity index (χ4n) is 1.83. The highest BCUT2D eigenvalue weighted by Crippen LogP contribution is 2.17. The predicted octanol–water partition coefficient (Wildman–Crippen LogP) is 2.30. The molecule has 0 aliphatic carbocycles. The minimum absolute atomic E-state index is 0.0574. The number of rotatable bonds is 4. The van der Waals surface area contributed by atoms with Crippen LogP contribution in [0.2, 0.25) is 0 Å². The molecule has 6 heteroatoms. The number of nitrogens with zero attached hydrogens (tertiary/aromatic N) is 3. The van der Waals surface area contributed by atoms with Crippen LogP contribution in [-0.2, 0) is 6.42 Å². The van der Waals surface area contributed by atoms with Crippen LogP contribution in [0.3, 0.4) is 0 Å². The largest absolute Gasteiger partial charge is 0.476 e. The Labute approximate surface area is 109 Å². The fourth-order valence-corrected chi connectivity index (χ4v) is 1.83. The van der Waals surface area contributed by atoms with Gasteiger partial charge in [0.25, 0.3) is 0 Å². The molecule has 0 aliphatic heterocycles. The number of halogens is 1. The lowest BCUT2D eigenvalue weighted by Gasteiger charge is -2.09. The van der Waals surface area contributed by atoms with Gasteiger partial charge < -0.3 is 5.11 Å². The topological polar surface area (TPSA) is 68.0 Å². The molecule has 5 nitrogen and oxygen atoms in total. The molecular formula is C13H14FN3O2. The van der Waals surface area contributed by atoms with E-state index in [0.29, 0.717) is 17.8 Å². The van der Waals surface area contributed by atoms with Crippen LogP contribution >= 0.6 is 0 Å². The van der Waals surface area contributed by atoms with E-state index in [1.807, 2.05) is 13.8 Å². The maximum atomic E-state index is 12.9. The first kappa shape index (κ1) is 13.2. The number of hydrogen-bond donors (Lipinski definition) is 1. The van der Waals surface area contributed by atoms with Crippen LogP contribution in [0.15, 0.2) is 24.3 Å². The lowest BCUT2D eigenvalue weighted by Crippen LogP contribution is -2.09. The average molecular weight is 263 g/mol. The molecule has 0 fully saturated rings. The molecule has 1 N–H and O–H groups in total. The lowest BCUT2D eigenvalue weighted by molar-refractivity contribution is 0.0689. The van der Waals surface area contributed by atoms with Crippen molar-refractivity contribution < 1.29 is 14.3 Å². The van der Waals surface area contributed by atoms with Gasteiger partial charge in [-0.05, 0) is 36.6 Å². The smallest absolute Gasteiger partial charge is 0.358 e. The summed E-state index contributed by atoms with van der Waals surface area (Å²) in [5.74, 6) is -1.20. The number of carbonyl (C=O) groups is 1. The fraction of sp³-hybridized carbons (Fsp3) is 0.308. The monoisotopic (exact) mass is 263 g/mol. The molecule has 0 aliphatic rings. The predicted molar refractivity (Wildman–Crippen MR) is 66.8 cm³/mol. The first-order chi connectivity index (χ1) is 8.99. The van der Waals surface area contributed by atoms with Gasteiger partial charge in [-0.1, -0.05) is 19.1 Å². The average Bonchev–Trinajstić information content (AvgIpc) is 2.73. The molecule has 2 aromatic rings. The minimum atomic E-state index is -1.11. The van der Waals surface area contributed by atoms with Gasteiger partial charge in [0.05, 0.1) is 11.4 Å². The number of aromatic nitrogens is 3. The summed E-state index contributed by atoms with van der Waals surface area (Å²) in [5.41, 5.74) is 1.06. The highest BCUT2D eigenvalue weighted by atomic mass is 19.1. The Bertz CT molecular complexity index is 590. The molecule has 1 heterocycles. The Balaban J connectivity index is 2.50. The molecule has 0 saturated carbocycles. The van der Waals surface area contributed by atoms with Gasteiger partial charge in [0.2, 0.25) is 0 Å². The van der Waals surface area contributed by atoms with Gasteiger partial charge >= 0.3 is 5.97 Å². The van der Waals surface area contributed by atoms with Crippen LogP contribution in [0.25, 0.3) is 5.69 Å². The van der Waals surface area contributed by atoms with Gasteiger partial charge in [-0.2, -0.15) is 0 Å². The molecule has 0 unspecified atom stereocenters. The molecular weight excluding hydrogens is 249 g/mol. The van der Waals surface area contributed by atoms with Crippen molar-refractivity contribution in [2.24, 2.45) is 5.92 Å². The summed E-state index contributed by atoms with van der Waals surface area (Å²) < 4.78 is 14.4. The molecule has 1 aromatic heterocycles. The van der Waals surface area contributed by atoms with Gasteiger partial charge in [-0.3, -0.25) is 0 Å². The van der Waals surface area contributed by atoms with Crippen molar-refractivity contribution in [1.82, 2.24) is 15.0 Å². The van der Waals surface area contributed by atoms with E-state index in [1.54, 1.807) is 12.1 Å². The van der Waals surface area contributed by atoms with Crippen molar-refractivity contribution >= 4 is 5.97 Å². The third-order valence-electron chi connectivity index (χ3n) is 2.64. The first-order valence-electron chi connectivity index (χ1n) is 5.93. The Hall–Kier alpha value is -2.24. The molecule has 2 rings (SSSR count). The first-order valence-corrected chi connectivity index (χ1v) is 5.93. The zero-order valence-corrected chi connectivity index (χ0v) is 10.7. The second-order valence-electron chi connectivity index (χ2n) is 4.68. The molecule has 0 amide bonds. The van der Waals surface area contributed by atoms with E-state index in [2.05, 4.69) is 10.3 Å². The molecule has 0 saturated heterocycles. The van der Waals surface area contributed by atoms with E-state index in [4.69, 9.17) is 5.11 Å². The van der Waals surface area contributed by atoms with E-state index in [9.17, 15) is 9.18 Å². The molecule has 100 valence electrons. The molecule has 1 aromatic carbocycles. The van der Waals surface area contributed by atoms with Crippen molar-refractivity contribution in [2.75, 3.05) is 0 Å². The highest BCUT2D eigenvalue weighted by molar-refractivity contribution is 5.86. The normalized spacial score (nSPS) is 10.9. The summed E-state index contributed by atoms with van der Waals surface area (Å²) in [6.45, 7) is 3.96. The third-order valence-corrected chi connectivity index (χ3v) is 2.64. The summed E-state index contributed by atoms with van der Waals surface area (Å²) in [7, 11) is 0. The van der Waals surface area contributed by atoms with E-state index in [-0.39, 0.29) is 17.4 Å². The van der Waals surface area contributed by atoms with Gasteiger partial charge in [0.1, 0.15) is 5.82 Å². The van der Waals surface area contributed by atoms with Crippen molar-refractivity contribution in [1.29, 1.82) is 0 Å².